The Bertz CT molecular complexity index is 557. The fourth-order valence-electron chi connectivity index (χ4n) is 3.40. The number of ether oxygens (including phenoxy) is 1. The molecule has 1 fully saturated rings. The van der Waals surface area contributed by atoms with Gasteiger partial charge >= 0.3 is 0 Å². The van der Waals surface area contributed by atoms with E-state index >= 15 is 0 Å². The number of nitrogens with zero attached hydrogens (tertiary/aromatic N) is 1. The van der Waals surface area contributed by atoms with Gasteiger partial charge in [0.25, 0.3) is 0 Å². The van der Waals surface area contributed by atoms with E-state index in [1.54, 1.807) is 0 Å². The Morgan fingerprint density at radius 2 is 1.85 bits per heavy atom. The third-order valence-corrected chi connectivity index (χ3v) is 5.78. The van der Waals surface area contributed by atoms with Crippen LogP contribution in [-0.4, -0.2) is 50.2 Å². The van der Waals surface area contributed by atoms with E-state index in [2.05, 4.69) is 10.2 Å². The van der Waals surface area contributed by atoms with Crippen molar-refractivity contribution in [2.24, 2.45) is 11.1 Å². The summed E-state index contributed by atoms with van der Waals surface area (Å²) in [4.78, 5) is 15.1. The van der Waals surface area contributed by atoms with Crippen LogP contribution < -0.4 is 11.1 Å². The van der Waals surface area contributed by atoms with Crippen molar-refractivity contribution in [3.63, 3.8) is 0 Å². The van der Waals surface area contributed by atoms with Gasteiger partial charge in [0, 0.05) is 31.2 Å². The summed E-state index contributed by atoms with van der Waals surface area (Å²) >= 11 is 6.43. The van der Waals surface area contributed by atoms with Crippen LogP contribution in [0.1, 0.15) is 38.3 Å². The molecule has 1 aliphatic heterocycles. The van der Waals surface area contributed by atoms with Gasteiger partial charge < -0.3 is 15.8 Å². The molecular weight excluding hydrogens is 409 g/mol. The molecule has 1 amide bonds. The number of carbonyl (C=O) groups is 1. The van der Waals surface area contributed by atoms with Crippen LogP contribution in [0.4, 0.5) is 0 Å². The summed E-state index contributed by atoms with van der Waals surface area (Å²) in [7, 11) is 0. The number of carbonyl (C=O) groups excluding carboxylic acids is 1. The van der Waals surface area contributed by atoms with E-state index < -0.39 is 5.41 Å². The highest BCUT2D eigenvalue weighted by molar-refractivity contribution is 6.31. The highest BCUT2D eigenvalue weighted by atomic mass is 35.5. The summed E-state index contributed by atoms with van der Waals surface area (Å²) in [5.74, 6) is 0.0327. The summed E-state index contributed by atoms with van der Waals surface area (Å²) in [6, 6.07) is 7.87. The van der Waals surface area contributed by atoms with E-state index in [0.717, 1.165) is 36.5 Å². The standard InChI is InChI=1S/C19H30ClN3O2.2ClH/c1-3-19(4-2,14-21)18(24)22-13-17(23-9-11-25-12-10-23)15-7-5-6-8-16(15)20;;/h5-8,17H,3-4,9-14,21H2,1-2H3,(H,22,24);2*1H. The molecule has 3 N–H and O–H groups in total. The van der Waals surface area contributed by atoms with Crippen LogP contribution in [0.25, 0.3) is 0 Å². The third kappa shape index (κ3) is 6.48. The molecule has 0 radical (unpaired) electrons. The summed E-state index contributed by atoms with van der Waals surface area (Å²) < 4.78 is 5.47. The van der Waals surface area contributed by atoms with E-state index in [1.807, 2.05) is 38.1 Å². The number of nitrogens with one attached hydrogen (secondary N) is 1. The molecule has 0 spiro atoms. The molecule has 1 aliphatic rings. The molecule has 0 aliphatic carbocycles. The first kappa shape index (κ1) is 26.4. The molecular formula is C19H32Cl3N3O2. The number of morpholine rings is 1. The first-order valence-corrected chi connectivity index (χ1v) is 9.50. The molecule has 1 atom stereocenters. The summed E-state index contributed by atoms with van der Waals surface area (Å²) in [6.45, 7) is 7.97. The number of rotatable bonds is 8. The first-order valence-electron chi connectivity index (χ1n) is 9.12. The zero-order chi connectivity index (χ0) is 18.3. The molecule has 8 heteroatoms. The molecule has 1 unspecified atom stereocenters. The highest BCUT2D eigenvalue weighted by Crippen LogP contribution is 2.29. The molecule has 2 rings (SSSR count). The molecule has 1 aromatic rings. The average Bonchev–Trinajstić information content (AvgIpc) is 2.66. The van der Waals surface area contributed by atoms with Crippen molar-refractivity contribution in [2.45, 2.75) is 32.7 Å². The largest absolute Gasteiger partial charge is 0.379 e. The molecule has 156 valence electrons. The minimum Gasteiger partial charge on any atom is -0.379 e. The lowest BCUT2D eigenvalue weighted by Gasteiger charge is -2.36. The van der Waals surface area contributed by atoms with Crippen molar-refractivity contribution in [1.29, 1.82) is 0 Å². The van der Waals surface area contributed by atoms with Crippen LogP contribution >= 0.6 is 36.4 Å². The number of nitrogens with two attached hydrogens (primary N) is 1. The van der Waals surface area contributed by atoms with Crippen LogP contribution in [0.15, 0.2) is 24.3 Å². The predicted molar refractivity (Wildman–Crippen MR) is 116 cm³/mol. The Morgan fingerprint density at radius 3 is 2.37 bits per heavy atom. The van der Waals surface area contributed by atoms with Crippen LogP contribution in [0.2, 0.25) is 5.02 Å². The molecule has 0 saturated carbocycles. The molecule has 0 aromatic heterocycles. The van der Waals surface area contributed by atoms with Crippen molar-refractivity contribution < 1.29 is 9.53 Å². The normalized spacial score (nSPS) is 16.0. The van der Waals surface area contributed by atoms with Crippen LogP contribution in [0, 0.1) is 5.41 Å². The Kier molecular flexibility index (Phi) is 12.5. The van der Waals surface area contributed by atoms with Gasteiger partial charge in [-0.25, -0.2) is 0 Å². The van der Waals surface area contributed by atoms with Crippen LogP contribution in [0.5, 0.6) is 0 Å². The van der Waals surface area contributed by atoms with Gasteiger partial charge in [-0.15, -0.1) is 24.8 Å². The third-order valence-electron chi connectivity index (χ3n) is 5.43. The zero-order valence-electron chi connectivity index (χ0n) is 16.1. The summed E-state index contributed by atoms with van der Waals surface area (Å²) in [5.41, 5.74) is 6.45. The van der Waals surface area contributed by atoms with Crippen LogP contribution in [-0.2, 0) is 9.53 Å². The maximum absolute atomic E-state index is 12.8. The van der Waals surface area contributed by atoms with E-state index in [-0.39, 0.29) is 36.8 Å². The SMILES string of the molecule is CCC(CC)(CN)C(=O)NCC(c1ccccc1Cl)N1CCOCC1.Cl.Cl. The van der Waals surface area contributed by atoms with Crippen molar-refractivity contribution >= 4 is 42.3 Å². The maximum Gasteiger partial charge on any atom is 0.227 e. The smallest absolute Gasteiger partial charge is 0.227 e. The van der Waals surface area contributed by atoms with Crippen molar-refractivity contribution in [1.82, 2.24) is 10.2 Å². The monoisotopic (exact) mass is 439 g/mol. The Balaban J connectivity index is 0.00000338. The number of hydrogen-bond donors (Lipinski definition) is 2. The summed E-state index contributed by atoms with van der Waals surface area (Å²) in [5, 5.41) is 3.87. The van der Waals surface area contributed by atoms with E-state index in [9.17, 15) is 4.79 Å². The van der Waals surface area contributed by atoms with Gasteiger partial charge in [-0.1, -0.05) is 43.6 Å². The highest BCUT2D eigenvalue weighted by Gasteiger charge is 2.34. The molecule has 1 heterocycles. The minimum absolute atomic E-state index is 0. The van der Waals surface area contributed by atoms with E-state index in [4.69, 9.17) is 22.1 Å². The van der Waals surface area contributed by atoms with Gasteiger partial charge in [-0.2, -0.15) is 0 Å². The fourth-order valence-corrected chi connectivity index (χ4v) is 3.66. The van der Waals surface area contributed by atoms with Crippen molar-refractivity contribution in [3.8, 4) is 0 Å². The van der Waals surface area contributed by atoms with Gasteiger partial charge in [0.1, 0.15) is 0 Å². The number of amides is 1. The van der Waals surface area contributed by atoms with Crippen molar-refractivity contribution in [2.75, 3.05) is 39.4 Å². The molecule has 5 nitrogen and oxygen atoms in total. The second kappa shape index (κ2) is 12.8. The fraction of sp³-hybridized carbons (Fsp3) is 0.632. The number of halogens is 3. The van der Waals surface area contributed by atoms with Gasteiger partial charge in [0.15, 0.2) is 0 Å². The molecule has 1 saturated heterocycles. The van der Waals surface area contributed by atoms with E-state index in [1.165, 1.54) is 0 Å². The Labute approximate surface area is 180 Å². The minimum atomic E-state index is -0.490. The van der Waals surface area contributed by atoms with Crippen LogP contribution in [0.3, 0.4) is 0 Å². The molecule has 27 heavy (non-hydrogen) atoms. The maximum atomic E-state index is 12.8. The molecule has 1 aromatic carbocycles. The number of benzene rings is 1. The lowest BCUT2D eigenvalue weighted by Crippen LogP contribution is -2.49. The van der Waals surface area contributed by atoms with Gasteiger partial charge in [-0.3, -0.25) is 9.69 Å². The number of hydrogen-bond acceptors (Lipinski definition) is 4. The lowest BCUT2D eigenvalue weighted by atomic mass is 9.81. The second-order valence-corrected chi connectivity index (χ2v) is 6.99. The Hall–Kier alpha value is -0.560. The Morgan fingerprint density at radius 1 is 1.26 bits per heavy atom. The average molecular weight is 441 g/mol. The first-order chi connectivity index (χ1) is 12.1. The summed E-state index contributed by atoms with van der Waals surface area (Å²) in [6.07, 6.45) is 1.47. The molecule has 0 bridgehead atoms. The lowest BCUT2D eigenvalue weighted by molar-refractivity contribution is -0.131. The van der Waals surface area contributed by atoms with Gasteiger partial charge in [-0.05, 0) is 24.5 Å². The zero-order valence-corrected chi connectivity index (χ0v) is 18.5. The predicted octanol–water partition coefficient (Wildman–Crippen LogP) is 3.44. The van der Waals surface area contributed by atoms with E-state index in [0.29, 0.717) is 26.3 Å². The second-order valence-electron chi connectivity index (χ2n) is 6.59. The van der Waals surface area contributed by atoms with Gasteiger partial charge in [0.05, 0.1) is 24.7 Å². The topological polar surface area (TPSA) is 67.6 Å². The van der Waals surface area contributed by atoms with Gasteiger partial charge in [0.2, 0.25) is 5.91 Å². The van der Waals surface area contributed by atoms with Crippen molar-refractivity contribution in [3.05, 3.63) is 34.9 Å². The quantitative estimate of drug-likeness (QED) is 0.650.